The quantitative estimate of drug-likeness (QED) is 0.277. The van der Waals surface area contributed by atoms with Crippen LogP contribution in [0.2, 0.25) is 0 Å². The number of nitrogens with two attached hydrogens (primary N) is 1. The van der Waals surface area contributed by atoms with Gasteiger partial charge in [-0.1, -0.05) is 13.8 Å². The van der Waals surface area contributed by atoms with Crippen LogP contribution in [0.3, 0.4) is 0 Å². The average Bonchev–Trinajstić information content (AvgIpc) is 3.52. The summed E-state index contributed by atoms with van der Waals surface area (Å²) < 4.78 is 42.2. The Balaban J connectivity index is 1.68. The average molecular weight is 536 g/mol. The summed E-state index contributed by atoms with van der Waals surface area (Å²) in [5, 5.41) is 3.22. The summed E-state index contributed by atoms with van der Waals surface area (Å²) in [6.07, 6.45) is 0.433. The molecular formula is C24H30N3O7PS. The maximum atomic E-state index is 14.2. The molecule has 3 N–H and O–H groups in total. The van der Waals surface area contributed by atoms with Gasteiger partial charge >= 0.3 is 13.5 Å². The van der Waals surface area contributed by atoms with E-state index in [-0.39, 0.29) is 24.1 Å². The highest BCUT2D eigenvalue weighted by molar-refractivity contribution is 7.65. The number of rotatable bonds is 10. The second-order valence-electron chi connectivity index (χ2n) is 9.05. The van der Waals surface area contributed by atoms with Crippen molar-refractivity contribution in [1.82, 2.24) is 10.1 Å². The third-order valence-corrected chi connectivity index (χ3v) is 7.99. The number of anilines is 1. The fourth-order valence-corrected chi connectivity index (χ4v) is 6.38. The van der Waals surface area contributed by atoms with Crippen LogP contribution in [0, 0.1) is 5.92 Å². The standard InChI is InChI=1S/C24H30N3O7PS/c1-13(2)10-20-22(26-24(25)36-20)18-8-9-21(33-18)35(29,27-15(5)23(28)32-14(3)4)34-16-6-7-17-19(11-16)31-12-30-17/h6-9,11,13-15H,10,12H2,1-5H3,(H2,25,26)(H,27,29). The van der Waals surface area contributed by atoms with Gasteiger partial charge in [-0.15, -0.1) is 11.3 Å². The van der Waals surface area contributed by atoms with Gasteiger partial charge in [0.05, 0.1) is 6.10 Å². The SMILES string of the molecule is CC(C)Cc1sc(N)nc1-c1ccc(P(=O)(NC(C)C(=O)OC(C)C)Oc2ccc3c(c2)OCO3)o1. The molecular weight excluding hydrogens is 505 g/mol. The number of hydrogen-bond acceptors (Lipinski definition) is 10. The molecule has 0 radical (unpaired) electrons. The Morgan fingerprint density at radius 1 is 1.17 bits per heavy atom. The van der Waals surface area contributed by atoms with Crippen molar-refractivity contribution in [3.05, 3.63) is 35.2 Å². The molecule has 0 fully saturated rings. The lowest BCUT2D eigenvalue weighted by molar-refractivity contribution is -0.149. The number of aromatic nitrogens is 1. The van der Waals surface area contributed by atoms with Gasteiger partial charge < -0.3 is 28.9 Å². The van der Waals surface area contributed by atoms with Crippen molar-refractivity contribution in [2.75, 3.05) is 12.5 Å². The minimum Gasteiger partial charge on any atom is -0.462 e. The molecule has 2 atom stereocenters. The number of carbonyl (C=O) groups is 1. The van der Waals surface area contributed by atoms with Gasteiger partial charge in [-0.3, -0.25) is 9.36 Å². The van der Waals surface area contributed by atoms with E-state index in [2.05, 4.69) is 23.9 Å². The Morgan fingerprint density at radius 3 is 2.64 bits per heavy atom. The Morgan fingerprint density at radius 2 is 1.92 bits per heavy atom. The zero-order chi connectivity index (χ0) is 26.0. The molecule has 1 aliphatic heterocycles. The first-order chi connectivity index (χ1) is 17.0. The zero-order valence-electron chi connectivity index (χ0n) is 20.8. The summed E-state index contributed by atoms with van der Waals surface area (Å²) in [5.41, 5.74) is 6.58. The lowest BCUT2D eigenvalue weighted by Crippen LogP contribution is -2.38. The van der Waals surface area contributed by atoms with E-state index in [1.54, 1.807) is 51.1 Å². The molecule has 1 aliphatic rings. The van der Waals surface area contributed by atoms with Crippen LogP contribution < -0.4 is 30.3 Å². The molecule has 36 heavy (non-hydrogen) atoms. The number of nitrogens with one attached hydrogen (secondary N) is 1. The van der Waals surface area contributed by atoms with Crippen molar-refractivity contribution in [2.24, 2.45) is 5.92 Å². The first-order valence-corrected chi connectivity index (χ1v) is 14.0. The van der Waals surface area contributed by atoms with E-state index in [1.807, 2.05) is 0 Å². The number of nitrogens with zero attached hydrogens (tertiary/aromatic N) is 1. The van der Waals surface area contributed by atoms with E-state index in [1.165, 1.54) is 11.3 Å². The van der Waals surface area contributed by atoms with E-state index < -0.39 is 19.5 Å². The predicted molar refractivity (Wildman–Crippen MR) is 137 cm³/mol. The van der Waals surface area contributed by atoms with Crippen LogP contribution in [-0.2, 0) is 20.5 Å². The van der Waals surface area contributed by atoms with Crippen molar-refractivity contribution < 1.29 is 32.5 Å². The summed E-state index contributed by atoms with van der Waals surface area (Å²) in [7, 11) is -3.98. The Bertz CT molecular complexity index is 1290. The number of carbonyl (C=O) groups excluding carboxylic acids is 1. The highest BCUT2D eigenvalue weighted by atomic mass is 32.1. The fraction of sp³-hybridized carbons (Fsp3) is 0.417. The monoisotopic (exact) mass is 535 g/mol. The minimum atomic E-state index is -3.98. The molecule has 3 aromatic rings. The van der Waals surface area contributed by atoms with Crippen molar-refractivity contribution in [1.29, 1.82) is 0 Å². The van der Waals surface area contributed by atoms with Gasteiger partial charge in [-0.25, -0.2) is 10.1 Å². The third kappa shape index (κ3) is 5.86. The maximum Gasteiger partial charge on any atom is 0.382 e. The van der Waals surface area contributed by atoms with E-state index in [4.69, 9.17) is 28.9 Å². The maximum absolute atomic E-state index is 14.2. The van der Waals surface area contributed by atoms with E-state index in [9.17, 15) is 9.36 Å². The molecule has 10 nitrogen and oxygen atoms in total. The number of fused-ring (bicyclic) bond motifs is 1. The number of esters is 1. The van der Waals surface area contributed by atoms with Crippen LogP contribution >= 0.6 is 18.9 Å². The smallest absolute Gasteiger partial charge is 0.382 e. The fourth-order valence-electron chi connectivity index (χ4n) is 3.54. The lowest BCUT2D eigenvalue weighted by atomic mass is 10.1. The second kappa shape index (κ2) is 10.5. The predicted octanol–water partition coefficient (Wildman–Crippen LogP) is 4.74. The summed E-state index contributed by atoms with van der Waals surface area (Å²) in [6, 6.07) is 7.09. The Hall–Kier alpha value is -3.01. The number of benzene rings is 1. The first-order valence-electron chi connectivity index (χ1n) is 11.6. The third-order valence-electron chi connectivity index (χ3n) is 5.07. The van der Waals surface area contributed by atoms with Gasteiger partial charge in [0.2, 0.25) is 12.3 Å². The Kier molecular flexibility index (Phi) is 7.63. The highest BCUT2D eigenvalue weighted by Gasteiger charge is 2.37. The normalized spacial score (nSPS) is 15.2. The summed E-state index contributed by atoms with van der Waals surface area (Å²) >= 11 is 1.39. The van der Waals surface area contributed by atoms with Gasteiger partial charge in [0.25, 0.3) is 0 Å². The van der Waals surface area contributed by atoms with Gasteiger partial charge in [0.15, 0.2) is 22.4 Å². The van der Waals surface area contributed by atoms with Crippen molar-refractivity contribution in [3.63, 3.8) is 0 Å². The largest absolute Gasteiger partial charge is 0.462 e. The molecule has 0 saturated carbocycles. The van der Waals surface area contributed by atoms with E-state index in [0.717, 1.165) is 11.3 Å². The van der Waals surface area contributed by atoms with Crippen LogP contribution in [-0.4, -0.2) is 29.9 Å². The van der Waals surface area contributed by atoms with Gasteiger partial charge in [0, 0.05) is 10.9 Å². The molecule has 0 bridgehead atoms. The second-order valence-corrected chi connectivity index (χ2v) is 12.2. The molecule has 3 heterocycles. The number of thiazole rings is 1. The number of nitrogen functional groups attached to an aromatic ring is 1. The van der Waals surface area contributed by atoms with Crippen LogP contribution in [0.5, 0.6) is 17.2 Å². The molecule has 0 spiro atoms. The lowest BCUT2D eigenvalue weighted by Gasteiger charge is -2.22. The molecule has 0 aliphatic carbocycles. The van der Waals surface area contributed by atoms with Crippen molar-refractivity contribution >= 4 is 35.5 Å². The van der Waals surface area contributed by atoms with Crippen LogP contribution in [0.25, 0.3) is 11.5 Å². The van der Waals surface area contributed by atoms with E-state index in [0.29, 0.717) is 34.0 Å². The first kappa shape index (κ1) is 26.1. The van der Waals surface area contributed by atoms with Gasteiger partial charge in [-0.05, 0) is 57.4 Å². The summed E-state index contributed by atoms with van der Waals surface area (Å²) in [5.74, 6) is 1.48. The van der Waals surface area contributed by atoms with E-state index >= 15 is 0 Å². The van der Waals surface area contributed by atoms with Crippen molar-refractivity contribution in [2.45, 2.75) is 53.2 Å². The zero-order valence-corrected chi connectivity index (χ0v) is 22.5. The number of hydrogen-bond donors (Lipinski definition) is 2. The summed E-state index contributed by atoms with van der Waals surface area (Å²) in [4.78, 5) is 17.9. The molecule has 2 unspecified atom stereocenters. The Labute approximate surface area is 213 Å². The molecule has 0 amide bonds. The van der Waals surface area contributed by atoms with Crippen molar-refractivity contribution in [3.8, 4) is 28.7 Å². The molecule has 12 heteroatoms. The molecule has 2 aromatic heterocycles. The molecule has 0 saturated heterocycles. The highest BCUT2D eigenvalue weighted by Crippen LogP contribution is 2.46. The summed E-state index contributed by atoms with van der Waals surface area (Å²) in [6.45, 7) is 9.31. The molecule has 194 valence electrons. The number of furan rings is 1. The minimum absolute atomic E-state index is 0.0152. The topological polar surface area (TPSA) is 135 Å². The van der Waals surface area contributed by atoms with Gasteiger partial charge in [0.1, 0.15) is 17.5 Å². The molecule has 1 aromatic carbocycles. The van der Waals surface area contributed by atoms with Crippen LogP contribution in [0.15, 0.2) is 34.7 Å². The number of ether oxygens (including phenoxy) is 3. The van der Waals surface area contributed by atoms with Gasteiger partial charge in [-0.2, -0.15) is 0 Å². The van der Waals surface area contributed by atoms with Crippen LogP contribution in [0.1, 0.15) is 39.5 Å². The van der Waals surface area contributed by atoms with Crippen LogP contribution in [0.4, 0.5) is 5.13 Å². The molecule has 4 rings (SSSR count).